The van der Waals surface area contributed by atoms with Crippen molar-refractivity contribution in [3.8, 4) is 23.0 Å². The van der Waals surface area contributed by atoms with Crippen LogP contribution in [0.3, 0.4) is 0 Å². The molecule has 2 aromatic heterocycles. The van der Waals surface area contributed by atoms with Gasteiger partial charge in [0, 0.05) is 6.07 Å². The average Bonchev–Trinajstić information content (AvgIpc) is 3.33. The third-order valence-electron chi connectivity index (χ3n) is 4.68. The molecule has 164 valence electrons. The monoisotopic (exact) mass is 435 g/mol. The van der Waals surface area contributed by atoms with E-state index < -0.39 is 0 Å². The van der Waals surface area contributed by atoms with Crippen LogP contribution in [0.2, 0.25) is 0 Å². The van der Waals surface area contributed by atoms with Gasteiger partial charge in [0.25, 0.3) is 5.91 Å². The smallest absolute Gasteiger partial charge is 0.258 e. The first-order valence-corrected chi connectivity index (χ1v) is 9.85. The molecular weight excluding hydrogens is 414 g/mol. The van der Waals surface area contributed by atoms with Crippen molar-refractivity contribution in [2.24, 2.45) is 0 Å². The maximum Gasteiger partial charge on any atom is 0.258 e. The van der Waals surface area contributed by atoms with Gasteiger partial charge in [-0.05, 0) is 43.3 Å². The molecule has 0 radical (unpaired) electrons. The summed E-state index contributed by atoms with van der Waals surface area (Å²) in [5.41, 5.74) is 0.00534. The SMILES string of the molecule is COc1ccccc1Oc1c(C)oc2cc(OCC(=O)NCc3ccco3)ccc2c1=O. The molecule has 0 saturated heterocycles. The predicted molar refractivity (Wildman–Crippen MR) is 116 cm³/mol. The summed E-state index contributed by atoms with van der Waals surface area (Å²) in [6.07, 6.45) is 1.54. The highest BCUT2D eigenvalue weighted by atomic mass is 16.5. The summed E-state index contributed by atoms with van der Waals surface area (Å²) >= 11 is 0. The number of amides is 1. The molecule has 2 heterocycles. The molecule has 0 unspecified atom stereocenters. The fraction of sp³-hybridized carbons (Fsp3) is 0.167. The maximum absolute atomic E-state index is 13.0. The number of fused-ring (bicyclic) bond motifs is 1. The number of nitrogens with one attached hydrogen (secondary N) is 1. The topological polar surface area (TPSA) is 100 Å². The first kappa shape index (κ1) is 21.0. The fourth-order valence-electron chi connectivity index (χ4n) is 3.09. The normalized spacial score (nSPS) is 10.7. The van der Waals surface area contributed by atoms with Crippen LogP contribution in [0.25, 0.3) is 11.0 Å². The van der Waals surface area contributed by atoms with Crippen molar-refractivity contribution in [3.63, 3.8) is 0 Å². The Kier molecular flexibility index (Phi) is 6.12. The van der Waals surface area contributed by atoms with Crippen LogP contribution in [0.1, 0.15) is 11.5 Å². The molecule has 0 spiro atoms. The van der Waals surface area contributed by atoms with Gasteiger partial charge in [0.2, 0.25) is 11.2 Å². The molecular formula is C24H21NO7. The fourth-order valence-corrected chi connectivity index (χ4v) is 3.09. The lowest BCUT2D eigenvalue weighted by Crippen LogP contribution is -2.28. The van der Waals surface area contributed by atoms with Gasteiger partial charge in [0.1, 0.15) is 22.9 Å². The molecule has 0 saturated carbocycles. The average molecular weight is 435 g/mol. The van der Waals surface area contributed by atoms with Crippen LogP contribution in [0, 0.1) is 6.92 Å². The summed E-state index contributed by atoms with van der Waals surface area (Å²) in [7, 11) is 1.52. The molecule has 0 aliphatic carbocycles. The standard InChI is InChI=1S/C24H21NO7/c1-15-24(32-20-8-4-3-7-19(20)28-2)23(27)18-10-9-16(12-21(18)31-15)30-14-22(26)25-13-17-6-5-11-29-17/h3-12H,13-14H2,1-2H3,(H,25,26). The maximum atomic E-state index is 13.0. The number of ether oxygens (including phenoxy) is 3. The molecule has 0 aliphatic heterocycles. The van der Waals surface area contributed by atoms with E-state index in [1.807, 2.05) is 0 Å². The van der Waals surface area contributed by atoms with E-state index in [-0.39, 0.29) is 30.2 Å². The summed E-state index contributed by atoms with van der Waals surface area (Å²) in [6, 6.07) is 15.3. The number of carbonyl (C=O) groups excluding carboxylic acids is 1. The second kappa shape index (κ2) is 9.30. The summed E-state index contributed by atoms with van der Waals surface area (Å²) in [5.74, 6) is 2.03. The number of para-hydroxylation sites is 2. The van der Waals surface area contributed by atoms with Crippen LogP contribution < -0.4 is 25.0 Å². The molecule has 4 rings (SSSR count). The lowest BCUT2D eigenvalue weighted by molar-refractivity contribution is -0.123. The Morgan fingerprint density at radius 3 is 2.62 bits per heavy atom. The highest BCUT2D eigenvalue weighted by molar-refractivity contribution is 5.80. The molecule has 32 heavy (non-hydrogen) atoms. The van der Waals surface area contributed by atoms with Crippen LogP contribution in [0.4, 0.5) is 0 Å². The van der Waals surface area contributed by atoms with Crippen molar-refractivity contribution in [2.45, 2.75) is 13.5 Å². The van der Waals surface area contributed by atoms with Gasteiger partial charge in [-0.2, -0.15) is 0 Å². The zero-order valence-corrected chi connectivity index (χ0v) is 17.5. The predicted octanol–water partition coefficient (Wildman–Crippen LogP) is 4.19. The van der Waals surface area contributed by atoms with Crippen molar-refractivity contribution in [1.82, 2.24) is 5.32 Å². The van der Waals surface area contributed by atoms with E-state index in [0.29, 0.717) is 39.7 Å². The minimum absolute atomic E-state index is 0.0768. The summed E-state index contributed by atoms with van der Waals surface area (Å²) < 4.78 is 27.6. The highest BCUT2D eigenvalue weighted by Gasteiger charge is 2.16. The van der Waals surface area contributed by atoms with Crippen LogP contribution in [-0.2, 0) is 11.3 Å². The first-order chi connectivity index (χ1) is 15.5. The third-order valence-corrected chi connectivity index (χ3v) is 4.68. The molecule has 0 bridgehead atoms. The molecule has 0 fully saturated rings. The van der Waals surface area contributed by atoms with Crippen LogP contribution in [0.5, 0.6) is 23.0 Å². The zero-order valence-electron chi connectivity index (χ0n) is 17.5. The Morgan fingerprint density at radius 2 is 1.88 bits per heavy atom. The van der Waals surface area contributed by atoms with Gasteiger partial charge in [0.15, 0.2) is 18.1 Å². The van der Waals surface area contributed by atoms with Crippen molar-refractivity contribution in [3.05, 3.63) is 82.6 Å². The van der Waals surface area contributed by atoms with Gasteiger partial charge in [-0.25, -0.2) is 0 Å². The Labute approximate surface area is 183 Å². The largest absolute Gasteiger partial charge is 0.493 e. The van der Waals surface area contributed by atoms with E-state index in [4.69, 9.17) is 23.0 Å². The first-order valence-electron chi connectivity index (χ1n) is 9.85. The minimum Gasteiger partial charge on any atom is -0.493 e. The van der Waals surface area contributed by atoms with Crippen molar-refractivity contribution in [1.29, 1.82) is 0 Å². The Morgan fingerprint density at radius 1 is 1.06 bits per heavy atom. The zero-order chi connectivity index (χ0) is 22.5. The van der Waals surface area contributed by atoms with E-state index in [2.05, 4.69) is 5.32 Å². The summed E-state index contributed by atoms with van der Waals surface area (Å²) in [5, 5.41) is 3.02. The Balaban J connectivity index is 1.49. The third kappa shape index (κ3) is 4.59. The summed E-state index contributed by atoms with van der Waals surface area (Å²) in [4.78, 5) is 25.0. The second-order valence-electron chi connectivity index (χ2n) is 6.87. The molecule has 4 aromatic rings. The van der Waals surface area contributed by atoms with E-state index in [1.165, 1.54) is 13.4 Å². The number of aryl methyl sites for hydroxylation is 1. The van der Waals surface area contributed by atoms with Gasteiger partial charge in [-0.1, -0.05) is 12.1 Å². The van der Waals surface area contributed by atoms with E-state index in [0.717, 1.165) is 0 Å². The quantitative estimate of drug-likeness (QED) is 0.443. The number of methoxy groups -OCH3 is 1. The van der Waals surface area contributed by atoms with Crippen LogP contribution in [0.15, 0.2) is 74.5 Å². The van der Waals surface area contributed by atoms with Gasteiger partial charge >= 0.3 is 0 Å². The van der Waals surface area contributed by atoms with Crippen molar-refractivity contribution < 1.29 is 27.8 Å². The van der Waals surface area contributed by atoms with Gasteiger partial charge in [-0.15, -0.1) is 0 Å². The van der Waals surface area contributed by atoms with E-state index >= 15 is 0 Å². The van der Waals surface area contributed by atoms with Gasteiger partial charge in [-0.3, -0.25) is 9.59 Å². The van der Waals surface area contributed by atoms with Crippen molar-refractivity contribution >= 4 is 16.9 Å². The molecule has 0 aliphatic rings. The lowest BCUT2D eigenvalue weighted by atomic mass is 10.2. The molecule has 0 atom stereocenters. The molecule has 1 amide bonds. The van der Waals surface area contributed by atoms with Gasteiger partial charge < -0.3 is 28.4 Å². The number of carbonyl (C=O) groups is 1. The molecule has 2 aromatic carbocycles. The molecule has 8 nitrogen and oxygen atoms in total. The van der Waals surface area contributed by atoms with E-state index in [1.54, 1.807) is 61.5 Å². The Hall–Kier alpha value is -4.20. The highest BCUT2D eigenvalue weighted by Crippen LogP contribution is 2.32. The molecule has 8 heteroatoms. The lowest BCUT2D eigenvalue weighted by Gasteiger charge is -2.12. The number of furan rings is 1. The van der Waals surface area contributed by atoms with Crippen LogP contribution in [-0.4, -0.2) is 19.6 Å². The number of hydrogen-bond donors (Lipinski definition) is 1. The number of hydrogen-bond acceptors (Lipinski definition) is 7. The number of rotatable bonds is 8. The summed E-state index contributed by atoms with van der Waals surface area (Å²) in [6.45, 7) is 1.72. The second-order valence-corrected chi connectivity index (χ2v) is 6.87. The Bertz CT molecular complexity index is 1290. The molecule has 1 N–H and O–H groups in total. The minimum atomic E-state index is -0.322. The number of benzene rings is 2. The van der Waals surface area contributed by atoms with Crippen LogP contribution >= 0.6 is 0 Å². The van der Waals surface area contributed by atoms with Gasteiger partial charge in [0.05, 0.1) is 25.3 Å². The van der Waals surface area contributed by atoms with Crippen molar-refractivity contribution in [2.75, 3.05) is 13.7 Å². The van der Waals surface area contributed by atoms with E-state index in [9.17, 15) is 9.59 Å².